The Morgan fingerprint density at radius 3 is 3.04 bits per heavy atom. The molecule has 5 heteroatoms. The van der Waals surface area contributed by atoms with Gasteiger partial charge in [-0.3, -0.25) is 0 Å². The molecule has 1 N–H and O–H groups in total. The van der Waals surface area contributed by atoms with Gasteiger partial charge in [0.15, 0.2) is 5.65 Å². The molecule has 0 saturated heterocycles. The van der Waals surface area contributed by atoms with E-state index < -0.39 is 0 Å². The number of aryl methyl sites for hydroxylation is 1. The molecular weight excluding hydrogens is 302 g/mol. The fraction of sp³-hybridized carbons (Fsp3) is 0.263. The zero-order valence-corrected chi connectivity index (χ0v) is 13.2. The normalized spacial score (nSPS) is 13.9. The number of nitrogens with zero attached hydrogens (tertiary/aromatic N) is 3. The molecule has 0 fully saturated rings. The number of aromatic nitrogens is 3. The van der Waals surface area contributed by atoms with Gasteiger partial charge in [0.1, 0.15) is 11.3 Å². The van der Waals surface area contributed by atoms with Gasteiger partial charge < -0.3 is 9.52 Å². The highest BCUT2D eigenvalue weighted by Gasteiger charge is 2.21. The molecule has 0 amide bonds. The van der Waals surface area contributed by atoms with Crippen molar-refractivity contribution in [2.75, 3.05) is 6.61 Å². The third kappa shape index (κ3) is 1.98. The molecular formula is C19H17N3O2. The molecule has 1 aliphatic carbocycles. The average Bonchev–Trinajstić information content (AvgIpc) is 3.30. The van der Waals surface area contributed by atoms with E-state index in [9.17, 15) is 0 Å². The molecule has 5 nitrogen and oxygen atoms in total. The minimum atomic E-state index is 0.0957. The highest BCUT2D eigenvalue weighted by molar-refractivity contribution is 5.84. The molecule has 0 bridgehead atoms. The molecule has 4 aromatic rings. The van der Waals surface area contributed by atoms with Crippen LogP contribution in [0.3, 0.4) is 0 Å². The summed E-state index contributed by atoms with van der Waals surface area (Å²) in [5, 5.41) is 14.6. The van der Waals surface area contributed by atoms with Crippen LogP contribution in [-0.2, 0) is 19.3 Å². The van der Waals surface area contributed by atoms with E-state index in [2.05, 4.69) is 17.2 Å². The van der Waals surface area contributed by atoms with Crippen LogP contribution in [0.25, 0.3) is 27.9 Å². The van der Waals surface area contributed by atoms with Crippen LogP contribution in [0, 0.1) is 0 Å². The van der Waals surface area contributed by atoms with Gasteiger partial charge in [0.2, 0.25) is 0 Å². The van der Waals surface area contributed by atoms with Crippen LogP contribution >= 0.6 is 0 Å². The lowest BCUT2D eigenvalue weighted by Crippen LogP contribution is -2.02. The van der Waals surface area contributed by atoms with Crippen molar-refractivity contribution in [1.82, 2.24) is 14.6 Å². The average molecular weight is 319 g/mol. The summed E-state index contributed by atoms with van der Waals surface area (Å²) in [6.07, 6.45) is 5.58. The van der Waals surface area contributed by atoms with Crippen LogP contribution in [-0.4, -0.2) is 26.3 Å². The molecule has 1 aromatic carbocycles. The van der Waals surface area contributed by atoms with Crippen molar-refractivity contribution in [2.45, 2.75) is 25.7 Å². The SMILES string of the molecule is OCCc1cc2cc(-c3c4c(nc5ccnn35)CCC4)ccc2o1. The smallest absolute Gasteiger partial charge is 0.155 e. The summed E-state index contributed by atoms with van der Waals surface area (Å²) in [5.41, 5.74) is 6.54. The topological polar surface area (TPSA) is 63.6 Å². The van der Waals surface area contributed by atoms with Crippen molar-refractivity contribution < 1.29 is 9.52 Å². The number of rotatable bonds is 3. The molecule has 3 aromatic heterocycles. The Labute approximate surface area is 138 Å². The Bertz CT molecular complexity index is 1060. The Balaban J connectivity index is 1.75. The largest absolute Gasteiger partial charge is 0.461 e. The predicted molar refractivity (Wildman–Crippen MR) is 91.0 cm³/mol. The highest BCUT2D eigenvalue weighted by Crippen LogP contribution is 2.34. The standard InChI is InChI=1S/C19H17N3O2/c23-9-7-14-11-13-10-12(4-5-17(13)24-14)19-15-2-1-3-16(15)21-18-6-8-20-22(18)19/h4-6,8,10-11,23H,1-3,7,9H2. The van der Waals surface area contributed by atoms with Crippen molar-refractivity contribution in [1.29, 1.82) is 0 Å². The lowest BCUT2D eigenvalue weighted by Gasteiger charge is -2.11. The van der Waals surface area contributed by atoms with E-state index in [1.165, 1.54) is 11.3 Å². The van der Waals surface area contributed by atoms with Gasteiger partial charge in [0, 0.05) is 34.7 Å². The first-order chi connectivity index (χ1) is 11.8. The first kappa shape index (κ1) is 13.7. The second-order valence-electron chi connectivity index (χ2n) is 6.28. The summed E-state index contributed by atoms with van der Waals surface area (Å²) in [4.78, 5) is 4.75. The van der Waals surface area contributed by atoms with E-state index >= 15 is 0 Å². The maximum Gasteiger partial charge on any atom is 0.155 e. The van der Waals surface area contributed by atoms with E-state index in [1.54, 1.807) is 6.20 Å². The molecule has 1 aliphatic rings. The molecule has 0 spiro atoms. The summed E-state index contributed by atoms with van der Waals surface area (Å²) in [6, 6.07) is 10.2. The second-order valence-corrected chi connectivity index (χ2v) is 6.28. The van der Waals surface area contributed by atoms with E-state index in [0.717, 1.165) is 52.9 Å². The minimum absolute atomic E-state index is 0.0957. The Morgan fingerprint density at radius 1 is 1.17 bits per heavy atom. The van der Waals surface area contributed by atoms with Crippen LogP contribution in [0.1, 0.15) is 23.4 Å². The number of fused-ring (bicyclic) bond motifs is 3. The van der Waals surface area contributed by atoms with Gasteiger partial charge in [-0.25, -0.2) is 9.50 Å². The molecule has 24 heavy (non-hydrogen) atoms. The summed E-state index contributed by atoms with van der Waals surface area (Å²) < 4.78 is 7.71. The zero-order chi connectivity index (χ0) is 16.1. The number of hydrogen-bond acceptors (Lipinski definition) is 4. The summed E-state index contributed by atoms with van der Waals surface area (Å²) in [5.74, 6) is 0.814. The van der Waals surface area contributed by atoms with Gasteiger partial charge in [0.05, 0.1) is 18.5 Å². The first-order valence-corrected chi connectivity index (χ1v) is 8.33. The number of benzene rings is 1. The summed E-state index contributed by atoms with van der Waals surface area (Å²) in [7, 11) is 0. The van der Waals surface area contributed by atoms with Crippen LogP contribution in [0.4, 0.5) is 0 Å². The molecule has 5 rings (SSSR count). The Hall–Kier alpha value is -2.66. The van der Waals surface area contributed by atoms with Crippen molar-refractivity contribution >= 4 is 16.6 Å². The second kappa shape index (κ2) is 5.18. The fourth-order valence-corrected chi connectivity index (χ4v) is 3.70. The Morgan fingerprint density at radius 2 is 2.12 bits per heavy atom. The Kier molecular flexibility index (Phi) is 2.97. The van der Waals surface area contributed by atoms with E-state index in [1.807, 2.05) is 22.7 Å². The monoisotopic (exact) mass is 319 g/mol. The quantitative estimate of drug-likeness (QED) is 0.630. The van der Waals surface area contributed by atoms with Crippen molar-refractivity contribution in [3.05, 3.63) is 53.5 Å². The van der Waals surface area contributed by atoms with Gasteiger partial charge in [-0.1, -0.05) is 0 Å². The molecule has 0 unspecified atom stereocenters. The lowest BCUT2D eigenvalue weighted by molar-refractivity contribution is 0.289. The molecule has 120 valence electrons. The first-order valence-electron chi connectivity index (χ1n) is 8.33. The van der Waals surface area contributed by atoms with Crippen molar-refractivity contribution in [3.63, 3.8) is 0 Å². The zero-order valence-electron chi connectivity index (χ0n) is 13.2. The minimum Gasteiger partial charge on any atom is -0.461 e. The third-order valence-corrected chi connectivity index (χ3v) is 4.76. The number of aliphatic hydroxyl groups excluding tert-OH is 1. The van der Waals surface area contributed by atoms with Crippen molar-refractivity contribution in [2.24, 2.45) is 0 Å². The van der Waals surface area contributed by atoms with Crippen LogP contribution in [0.15, 0.2) is 40.9 Å². The molecule has 0 radical (unpaired) electrons. The summed E-state index contributed by atoms with van der Waals surface area (Å²) >= 11 is 0. The number of aliphatic hydroxyl groups is 1. The third-order valence-electron chi connectivity index (χ3n) is 4.76. The molecule has 0 atom stereocenters. The maximum absolute atomic E-state index is 9.10. The van der Waals surface area contributed by atoms with Crippen LogP contribution < -0.4 is 0 Å². The fourth-order valence-electron chi connectivity index (χ4n) is 3.70. The number of furan rings is 1. The molecule has 3 heterocycles. The van der Waals surface area contributed by atoms with Gasteiger partial charge in [-0.2, -0.15) is 5.10 Å². The van der Waals surface area contributed by atoms with Gasteiger partial charge in [0.25, 0.3) is 0 Å². The van der Waals surface area contributed by atoms with Gasteiger partial charge in [-0.05, 0) is 43.5 Å². The van der Waals surface area contributed by atoms with E-state index in [4.69, 9.17) is 14.5 Å². The lowest BCUT2D eigenvalue weighted by atomic mass is 10.0. The van der Waals surface area contributed by atoms with Gasteiger partial charge >= 0.3 is 0 Å². The maximum atomic E-state index is 9.10. The number of hydrogen-bond donors (Lipinski definition) is 1. The molecule has 0 aliphatic heterocycles. The predicted octanol–water partition coefficient (Wildman–Crippen LogP) is 3.17. The van der Waals surface area contributed by atoms with Crippen molar-refractivity contribution in [3.8, 4) is 11.3 Å². The van der Waals surface area contributed by atoms with Crippen LogP contribution in [0.5, 0.6) is 0 Å². The summed E-state index contributed by atoms with van der Waals surface area (Å²) in [6.45, 7) is 0.0957. The molecule has 0 saturated carbocycles. The van der Waals surface area contributed by atoms with Crippen LogP contribution in [0.2, 0.25) is 0 Å². The van der Waals surface area contributed by atoms with E-state index in [-0.39, 0.29) is 6.61 Å². The van der Waals surface area contributed by atoms with E-state index in [0.29, 0.717) is 6.42 Å². The van der Waals surface area contributed by atoms with Gasteiger partial charge in [-0.15, -0.1) is 0 Å². The highest BCUT2D eigenvalue weighted by atomic mass is 16.3.